The molecule has 0 saturated heterocycles. The highest BCUT2D eigenvalue weighted by atomic mass is 79.9. The van der Waals surface area contributed by atoms with E-state index in [4.69, 9.17) is 5.11 Å². The number of carbonyl (C=O) groups excluding carboxylic acids is 1. The van der Waals surface area contributed by atoms with Crippen molar-refractivity contribution in [1.82, 2.24) is 10.2 Å². The van der Waals surface area contributed by atoms with Crippen LogP contribution in [0.5, 0.6) is 0 Å². The fourth-order valence-electron chi connectivity index (χ4n) is 2.35. The van der Waals surface area contributed by atoms with E-state index in [0.29, 0.717) is 18.5 Å². The van der Waals surface area contributed by atoms with Gasteiger partial charge in [0, 0.05) is 23.6 Å². The minimum absolute atomic E-state index is 0.0127. The molecule has 0 saturated carbocycles. The van der Waals surface area contributed by atoms with Crippen LogP contribution in [0.3, 0.4) is 0 Å². The van der Waals surface area contributed by atoms with E-state index in [1.54, 1.807) is 6.07 Å². The molecule has 2 N–H and O–H groups in total. The molecule has 2 amide bonds. The number of nitrogens with zero attached hydrogens (tertiary/aromatic N) is 2. The number of halogens is 1. The number of nitrogens with one attached hydrogen (secondary N) is 1. The molecular formula is C13H14BrN3O5. The topological polar surface area (TPSA) is 113 Å². The van der Waals surface area contributed by atoms with E-state index in [0.717, 1.165) is 10.0 Å². The van der Waals surface area contributed by atoms with Crippen molar-refractivity contribution in [1.29, 1.82) is 0 Å². The van der Waals surface area contributed by atoms with E-state index < -0.39 is 16.9 Å². The van der Waals surface area contributed by atoms with Gasteiger partial charge in [-0.05, 0) is 18.1 Å². The second kappa shape index (κ2) is 6.73. The molecule has 1 heterocycles. The van der Waals surface area contributed by atoms with Gasteiger partial charge in [0.15, 0.2) is 0 Å². The average molecular weight is 372 g/mol. The first-order valence-electron chi connectivity index (χ1n) is 6.59. The van der Waals surface area contributed by atoms with Gasteiger partial charge in [0.25, 0.3) is 5.69 Å². The van der Waals surface area contributed by atoms with Crippen LogP contribution in [-0.2, 0) is 17.8 Å². The number of carboxylic acids is 1. The number of benzene rings is 1. The number of hydrogen-bond donors (Lipinski definition) is 2. The third-order valence-corrected chi connectivity index (χ3v) is 4.17. The molecule has 0 fully saturated rings. The summed E-state index contributed by atoms with van der Waals surface area (Å²) in [5.74, 6) is -0.996. The number of urea groups is 1. The maximum absolute atomic E-state index is 12.0. The van der Waals surface area contributed by atoms with Gasteiger partial charge < -0.3 is 15.3 Å². The maximum atomic E-state index is 12.0. The van der Waals surface area contributed by atoms with Crippen LogP contribution in [0, 0.1) is 10.1 Å². The molecule has 2 rings (SSSR count). The van der Waals surface area contributed by atoms with Gasteiger partial charge in [-0.25, -0.2) is 4.79 Å². The van der Waals surface area contributed by atoms with Gasteiger partial charge in [-0.2, -0.15) is 0 Å². The Morgan fingerprint density at radius 1 is 1.41 bits per heavy atom. The molecule has 1 aliphatic heterocycles. The zero-order chi connectivity index (χ0) is 16.3. The molecule has 118 valence electrons. The first-order chi connectivity index (χ1) is 10.4. The highest BCUT2D eigenvalue weighted by Crippen LogP contribution is 2.33. The number of amides is 2. The van der Waals surface area contributed by atoms with E-state index in [-0.39, 0.29) is 25.2 Å². The molecule has 0 bridgehead atoms. The van der Waals surface area contributed by atoms with Crippen LogP contribution in [-0.4, -0.2) is 40.0 Å². The van der Waals surface area contributed by atoms with Gasteiger partial charge in [-0.3, -0.25) is 14.9 Å². The third kappa shape index (κ3) is 3.53. The highest BCUT2D eigenvalue weighted by molar-refractivity contribution is 9.10. The van der Waals surface area contributed by atoms with Crippen LogP contribution in [0.4, 0.5) is 10.5 Å². The quantitative estimate of drug-likeness (QED) is 0.619. The Labute approximate surface area is 134 Å². The number of rotatable bonds is 4. The summed E-state index contributed by atoms with van der Waals surface area (Å²) in [6.07, 6.45) is 0.339. The zero-order valence-corrected chi connectivity index (χ0v) is 13.1. The van der Waals surface area contributed by atoms with Crippen molar-refractivity contribution < 1.29 is 19.6 Å². The first kappa shape index (κ1) is 16.2. The van der Waals surface area contributed by atoms with Crippen molar-refractivity contribution >= 4 is 33.6 Å². The number of carboxylic acid groups (broad SMARTS) is 1. The van der Waals surface area contributed by atoms with Crippen LogP contribution < -0.4 is 5.32 Å². The van der Waals surface area contributed by atoms with Crippen molar-refractivity contribution in [3.63, 3.8) is 0 Å². The van der Waals surface area contributed by atoms with Crippen molar-refractivity contribution in [3.05, 3.63) is 37.8 Å². The lowest BCUT2D eigenvalue weighted by atomic mass is 9.98. The molecule has 1 aromatic carbocycles. The smallest absolute Gasteiger partial charge is 0.317 e. The maximum Gasteiger partial charge on any atom is 0.317 e. The number of fused-ring (bicyclic) bond motifs is 1. The lowest BCUT2D eigenvalue weighted by Crippen LogP contribution is -2.43. The summed E-state index contributed by atoms with van der Waals surface area (Å²) in [7, 11) is 0. The van der Waals surface area contributed by atoms with E-state index in [1.165, 1.54) is 11.0 Å². The molecule has 0 atom stereocenters. The SMILES string of the molecule is O=C(O)CCNC(=O)N1CCc2c(Br)ccc([N+](=O)[O-])c2C1. The summed E-state index contributed by atoms with van der Waals surface area (Å²) in [5, 5.41) is 22.2. The van der Waals surface area contributed by atoms with Gasteiger partial charge in [-0.15, -0.1) is 0 Å². The van der Waals surface area contributed by atoms with Crippen LogP contribution in [0.15, 0.2) is 16.6 Å². The minimum atomic E-state index is -0.996. The van der Waals surface area contributed by atoms with Gasteiger partial charge >= 0.3 is 12.0 Å². The number of aliphatic carboxylic acids is 1. The summed E-state index contributed by atoms with van der Waals surface area (Å²) in [5.41, 5.74) is 1.34. The lowest BCUT2D eigenvalue weighted by molar-refractivity contribution is -0.385. The van der Waals surface area contributed by atoms with Crippen molar-refractivity contribution in [2.24, 2.45) is 0 Å². The fraction of sp³-hybridized carbons (Fsp3) is 0.385. The zero-order valence-electron chi connectivity index (χ0n) is 11.5. The second-order valence-electron chi connectivity index (χ2n) is 4.83. The number of hydrogen-bond acceptors (Lipinski definition) is 4. The Kier molecular flexibility index (Phi) is 4.96. The average Bonchev–Trinajstić information content (AvgIpc) is 2.46. The van der Waals surface area contributed by atoms with E-state index in [2.05, 4.69) is 21.2 Å². The molecule has 1 aliphatic rings. The largest absolute Gasteiger partial charge is 0.481 e. The number of nitro benzene ring substituents is 1. The molecule has 9 heteroatoms. The minimum Gasteiger partial charge on any atom is -0.481 e. The van der Waals surface area contributed by atoms with Gasteiger partial charge in [0.2, 0.25) is 0 Å². The van der Waals surface area contributed by atoms with Crippen molar-refractivity contribution in [3.8, 4) is 0 Å². The molecule has 0 radical (unpaired) electrons. The first-order valence-corrected chi connectivity index (χ1v) is 7.38. The summed E-state index contributed by atoms with van der Waals surface area (Å²) in [6, 6.07) is 2.63. The summed E-state index contributed by atoms with van der Waals surface area (Å²) in [4.78, 5) is 34.5. The van der Waals surface area contributed by atoms with Crippen LogP contribution >= 0.6 is 15.9 Å². The predicted molar refractivity (Wildman–Crippen MR) is 80.6 cm³/mol. The van der Waals surface area contributed by atoms with Crippen LogP contribution in [0.2, 0.25) is 0 Å². The summed E-state index contributed by atoms with van der Waals surface area (Å²) in [6.45, 7) is 0.577. The molecular weight excluding hydrogens is 358 g/mol. The normalized spacial score (nSPS) is 13.4. The number of nitro groups is 1. The predicted octanol–water partition coefficient (Wildman–Crippen LogP) is 1.90. The molecule has 1 aromatic rings. The Balaban J connectivity index is 2.13. The lowest BCUT2D eigenvalue weighted by Gasteiger charge is -2.29. The summed E-state index contributed by atoms with van der Waals surface area (Å²) >= 11 is 3.37. The molecule has 0 spiro atoms. The Bertz CT molecular complexity index is 634. The molecule has 0 unspecified atom stereocenters. The van der Waals surface area contributed by atoms with Crippen LogP contribution in [0.1, 0.15) is 17.5 Å². The van der Waals surface area contributed by atoms with E-state index in [1.807, 2.05) is 0 Å². The van der Waals surface area contributed by atoms with E-state index >= 15 is 0 Å². The van der Waals surface area contributed by atoms with Crippen molar-refractivity contribution in [2.45, 2.75) is 19.4 Å². The monoisotopic (exact) mass is 371 g/mol. The molecule has 22 heavy (non-hydrogen) atoms. The van der Waals surface area contributed by atoms with Crippen molar-refractivity contribution in [2.75, 3.05) is 13.1 Å². The molecule has 0 aliphatic carbocycles. The van der Waals surface area contributed by atoms with E-state index in [9.17, 15) is 19.7 Å². The molecule has 8 nitrogen and oxygen atoms in total. The fourth-order valence-corrected chi connectivity index (χ4v) is 2.92. The van der Waals surface area contributed by atoms with Crippen LogP contribution in [0.25, 0.3) is 0 Å². The van der Waals surface area contributed by atoms with Gasteiger partial charge in [-0.1, -0.05) is 15.9 Å². The Morgan fingerprint density at radius 2 is 2.14 bits per heavy atom. The van der Waals surface area contributed by atoms with Gasteiger partial charge in [0.1, 0.15) is 0 Å². The Morgan fingerprint density at radius 3 is 2.77 bits per heavy atom. The standard InChI is InChI=1S/C13H14BrN3O5/c14-10-1-2-11(17(21)22)9-7-16(6-4-8(9)10)13(20)15-5-3-12(18)19/h1-2H,3-7H2,(H,15,20)(H,18,19). The highest BCUT2D eigenvalue weighted by Gasteiger charge is 2.28. The Hall–Kier alpha value is -2.16. The third-order valence-electron chi connectivity index (χ3n) is 3.43. The number of carbonyl (C=O) groups is 2. The molecule has 0 aromatic heterocycles. The second-order valence-corrected chi connectivity index (χ2v) is 5.68. The summed E-state index contributed by atoms with van der Waals surface area (Å²) < 4.78 is 0.791. The van der Waals surface area contributed by atoms with Gasteiger partial charge in [0.05, 0.1) is 23.5 Å².